The lowest BCUT2D eigenvalue weighted by molar-refractivity contribution is -0.287. The number of nitrogens with one attached hydrogen (secondary N) is 1. The normalized spacial score (nSPS) is 44.4. The van der Waals surface area contributed by atoms with E-state index < -0.39 is 28.6 Å². The first-order valence-corrected chi connectivity index (χ1v) is 6.72. The summed E-state index contributed by atoms with van der Waals surface area (Å²) in [5.41, 5.74) is -3.21. The lowest BCUT2D eigenvalue weighted by Gasteiger charge is -2.50. The number of nitriles is 3. The van der Waals surface area contributed by atoms with Crippen LogP contribution in [0, 0.1) is 56.2 Å². The lowest BCUT2D eigenvalue weighted by Crippen LogP contribution is -2.62. The van der Waals surface area contributed by atoms with Crippen molar-refractivity contribution in [3.8, 4) is 18.2 Å². The summed E-state index contributed by atoms with van der Waals surface area (Å²) in [5.74, 6) is -1.70. The number of ether oxygens (including phenoxy) is 2. The second-order valence-corrected chi connectivity index (χ2v) is 5.75. The molecule has 3 fully saturated rings. The summed E-state index contributed by atoms with van der Waals surface area (Å²) < 4.78 is 11.5. The quantitative estimate of drug-likeness (QED) is 0.721. The molecule has 3 aliphatic rings. The van der Waals surface area contributed by atoms with Crippen molar-refractivity contribution in [1.82, 2.24) is 0 Å². The molecule has 0 amide bonds. The Hall–Kier alpha value is -2.10. The number of hydrogen-bond donors (Lipinski definition) is 1. The molecule has 0 aromatic heterocycles. The second kappa shape index (κ2) is 3.72. The molecule has 6 heteroatoms. The molecule has 102 valence electrons. The van der Waals surface area contributed by atoms with E-state index in [1.54, 1.807) is 6.92 Å². The molecule has 1 N–H and O–H groups in total. The minimum atomic E-state index is -1.69. The maximum absolute atomic E-state index is 9.76. The number of nitrogens with zero attached hydrogens (tertiary/aromatic N) is 3. The fourth-order valence-electron chi connectivity index (χ4n) is 4.12. The first kappa shape index (κ1) is 12.9. The molecule has 6 nitrogen and oxygen atoms in total. The van der Waals surface area contributed by atoms with Gasteiger partial charge in [-0.15, -0.1) is 0 Å². The van der Waals surface area contributed by atoms with Crippen molar-refractivity contribution in [3.05, 3.63) is 0 Å². The maximum atomic E-state index is 9.76. The third kappa shape index (κ3) is 1.05. The van der Waals surface area contributed by atoms with Crippen LogP contribution >= 0.6 is 0 Å². The van der Waals surface area contributed by atoms with E-state index in [-0.39, 0.29) is 5.90 Å². The molecule has 0 aromatic rings. The summed E-state index contributed by atoms with van der Waals surface area (Å²) in [6, 6.07) is 6.04. The van der Waals surface area contributed by atoms with Crippen molar-refractivity contribution >= 4 is 5.90 Å². The van der Waals surface area contributed by atoms with Crippen LogP contribution in [-0.4, -0.2) is 17.8 Å². The van der Waals surface area contributed by atoms with Crippen LogP contribution in [0.15, 0.2) is 0 Å². The minimum Gasteiger partial charge on any atom is -0.447 e. The van der Waals surface area contributed by atoms with Crippen LogP contribution < -0.4 is 0 Å². The van der Waals surface area contributed by atoms with Crippen molar-refractivity contribution < 1.29 is 9.47 Å². The van der Waals surface area contributed by atoms with Crippen molar-refractivity contribution in [2.75, 3.05) is 0 Å². The van der Waals surface area contributed by atoms with Crippen molar-refractivity contribution in [2.24, 2.45) is 16.7 Å². The van der Waals surface area contributed by atoms with E-state index in [0.29, 0.717) is 12.8 Å². The van der Waals surface area contributed by atoms with Crippen LogP contribution in [0.1, 0.15) is 32.6 Å². The molecule has 2 aliphatic heterocycles. The van der Waals surface area contributed by atoms with Gasteiger partial charge in [-0.3, -0.25) is 5.41 Å². The highest BCUT2D eigenvalue weighted by Gasteiger charge is 2.79. The molecule has 4 atom stereocenters. The molecule has 0 unspecified atom stereocenters. The molecule has 1 aliphatic carbocycles. The van der Waals surface area contributed by atoms with Crippen LogP contribution in [-0.2, 0) is 9.47 Å². The van der Waals surface area contributed by atoms with Gasteiger partial charge < -0.3 is 9.47 Å². The van der Waals surface area contributed by atoms with E-state index in [1.807, 2.05) is 12.1 Å². The van der Waals surface area contributed by atoms with Crippen LogP contribution in [0.25, 0.3) is 0 Å². The van der Waals surface area contributed by atoms with Gasteiger partial charge in [0.15, 0.2) is 10.8 Å². The molecule has 2 saturated heterocycles. The second-order valence-electron chi connectivity index (χ2n) is 5.75. The molecule has 20 heavy (non-hydrogen) atoms. The Bertz CT molecular complexity index is 596. The largest absolute Gasteiger partial charge is 0.447 e. The molecular formula is C14H14N4O2. The summed E-state index contributed by atoms with van der Waals surface area (Å²) in [7, 11) is 0. The fourth-order valence-corrected chi connectivity index (χ4v) is 4.12. The van der Waals surface area contributed by atoms with Crippen LogP contribution in [0.2, 0.25) is 0 Å². The van der Waals surface area contributed by atoms with E-state index in [9.17, 15) is 15.8 Å². The third-order valence-corrected chi connectivity index (χ3v) is 5.09. The van der Waals surface area contributed by atoms with Crippen molar-refractivity contribution in [2.45, 2.75) is 44.5 Å². The lowest BCUT2D eigenvalue weighted by atomic mass is 9.52. The third-order valence-electron chi connectivity index (χ3n) is 5.09. The molecular weight excluding hydrogens is 256 g/mol. The van der Waals surface area contributed by atoms with Crippen LogP contribution in [0.3, 0.4) is 0 Å². The van der Waals surface area contributed by atoms with Gasteiger partial charge in [-0.05, 0) is 19.8 Å². The summed E-state index contributed by atoms with van der Waals surface area (Å²) in [5, 5.41) is 37.1. The molecule has 0 spiro atoms. The smallest absolute Gasteiger partial charge is 0.217 e. The highest BCUT2D eigenvalue weighted by Crippen LogP contribution is 2.66. The van der Waals surface area contributed by atoms with Gasteiger partial charge in [-0.2, -0.15) is 15.8 Å². The van der Waals surface area contributed by atoms with Gasteiger partial charge in [0.1, 0.15) is 0 Å². The van der Waals surface area contributed by atoms with Crippen molar-refractivity contribution in [3.63, 3.8) is 0 Å². The molecule has 1 saturated carbocycles. The predicted octanol–water partition coefficient (Wildman–Crippen LogP) is 1.84. The van der Waals surface area contributed by atoms with Gasteiger partial charge in [0, 0.05) is 6.42 Å². The van der Waals surface area contributed by atoms with E-state index >= 15 is 0 Å². The first-order valence-electron chi connectivity index (χ1n) is 6.72. The van der Waals surface area contributed by atoms with Crippen LogP contribution in [0.5, 0.6) is 0 Å². The number of hydrogen-bond acceptors (Lipinski definition) is 6. The van der Waals surface area contributed by atoms with Gasteiger partial charge in [0.05, 0.1) is 30.2 Å². The van der Waals surface area contributed by atoms with Gasteiger partial charge in [-0.1, -0.05) is 6.42 Å². The van der Waals surface area contributed by atoms with E-state index in [1.165, 1.54) is 0 Å². The first-order chi connectivity index (χ1) is 9.53. The molecule has 2 heterocycles. The zero-order chi connectivity index (χ0) is 14.6. The Morgan fingerprint density at radius 2 is 1.90 bits per heavy atom. The molecule has 0 radical (unpaired) electrons. The summed E-state index contributed by atoms with van der Waals surface area (Å²) in [6.07, 6.45) is 2.24. The molecule has 3 rings (SSSR count). The Labute approximate surface area is 117 Å². The predicted molar refractivity (Wildman–Crippen MR) is 65.8 cm³/mol. The SMILES string of the molecule is C[C@H]1O[C@@]23CCCC[C@H]2[C@@](C#N)(C(=N)O3)C1(C#N)C#N. The van der Waals surface area contributed by atoms with Crippen LogP contribution in [0.4, 0.5) is 0 Å². The van der Waals surface area contributed by atoms with Gasteiger partial charge in [0.2, 0.25) is 11.7 Å². The van der Waals surface area contributed by atoms with E-state index in [2.05, 4.69) is 6.07 Å². The topological polar surface area (TPSA) is 114 Å². The van der Waals surface area contributed by atoms with E-state index in [0.717, 1.165) is 12.8 Å². The average molecular weight is 270 g/mol. The summed E-state index contributed by atoms with van der Waals surface area (Å²) in [6.45, 7) is 1.62. The Morgan fingerprint density at radius 3 is 2.50 bits per heavy atom. The van der Waals surface area contributed by atoms with Gasteiger partial charge >= 0.3 is 0 Å². The monoisotopic (exact) mass is 270 g/mol. The van der Waals surface area contributed by atoms with Gasteiger partial charge in [0.25, 0.3) is 0 Å². The van der Waals surface area contributed by atoms with Crippen molar-refractivity contribution in [1.29, 1.82) is 21.2 Å². The minimum absolute atomic E-state index is 0.278. The Morgan fingerprint density at radius 1 is 1.20 bits per heavy atom. The molecule has 2 bridgehead atoms. The summed E-state index contributed by atoms with van der Waals surface area (Å²) >= 11 is 0. The summed E-state index contributed by atoms with van der Waals surface area (Å²) in [4.78, 5) is 0. The highest BCUT2D eigenvalue weighted by atomic mass is 16.7. The fraction of sp³-hybridized carbons (Fsp3) is 0.714. The zero-order valence-electron chi connectivity index (χ0n) is 11.1. The number of rotatable bonds is 0. The standard InChI is InChI=1S/C14H14N4O2/c1-9-12(6-15,7-16)13(8-17)10-4-2-3-5-14(10,19-9)20-11(13)18/h9-10,18H,2-5H2,1H3/t9-,10+,13+,14-/m1/s1. The maximum Gasteiger partial charge on any atom is 0.217 e. The molecule has 0 aromatic carbocycles. The Balaban J connectivity index is 2.30. The van der Waals surface area contributed by atoms with E-state index in [4.69, 9.17) is 14.9 Å². The highest BCUT2D eigenvalue weighted by molar-refractivity contribution is 5.89. The van der Waals surface area contributed by atoms with Gasteiger partial charge in [-0.25, -0.2) is 0 Å². The average Bonchev–Trinajstić information content (AvgIpc) is 2.66. The zero-order valence-corrected chi connectivity index (χ0v) is 11.1. The Kier molecular flexibility index (Phi) is 2.40.